The summed E-state index contributed by atoms with van der Waals surface area (Å²) in [7, 11) is 0. The summed E-state index contributed by atoms with van der Waals surface area (Å²) in [6.07, 6.45) is 3.92. The molecule has 0 radical (unpaired) electrons. The molecule has 1 fully saturated rings. The molecule has 3 N–H and O–H groups in total. The molecule has 2 aromatic rings. The van der Waals surface area contributed by atoms with Crippen molar-refractivity contribution in [2.75, 3.05) is 0 Å². The second-order valence-corrected chi connectivity index (χ2v) is 6.30. The van der Waals surface area contributed by atoms with Gasteiger partial charge in [-0.25, -0.2) is 0 Å². The first-order valence-corrected chi connectivity index (χ1v) is 7.46. The third-order valence-corrected chi connectivity index (χ3v) is 4.72. The number of hydrogen-bond donors (Lipinski definition) is 2. The van der Waals surface area contributed by atoms with E-state index in [1.807, 2.05) is 0 Å². The molecule has 2 heteroatoms. The number of aromatic nitrogens is 1. The fourth-order valence-corrected chi connectivity index (χ4v) is 3.34. The van der Waals surface area contributed by atoms with Crippen LogP contribution in [0.3, 0.4) is 0 Å². The Morgan fingerprint density at radius 1 is 1.26 bits per heavy atom. The van der Waals surface area contributed by atoms with E-state index in [-0.39, 0.29) is 6.04 Å². The molecule has 1 unspecified atom stereocenters. The number of aryl methyl sites for hydroxylation is 1. The van der Waals surface area contributed by atoms with Crippen LogP contribution in [-0.4, -0.2) is 4.98 Å². The first-order chi connectivity index (χ1) is 9.09. The zero-order chi connectivity index (χ0) is 13.6. The summed E-state index contributed by atoms with van der Waals surface area (Å²) in [5.41, 5.74) is 11.8. The highest BCUT2D eigenvalue weighted by molar-refractivity contribution is 5.88. The van der Waals surface area contributed by atoms with E-state index in [9.17, 15) is 0 Å². The lowest BCUT2D eigenvalue weighted by atomic mass is 9.77. The third kappa shape index (κ3) is 1.99. The maximum absolute atomic E-state index is 6.52. The smallest absolute Gasteiger partial charge is 0.0494 e. The quantitative estimate of drug-likeness (QED) is 0.839. The number of fused-ring (bicyclic) bond motifs is 1. The van der Waals surface area contributed by atoms with Gasteiger partial charge >= 0.3 is 0 Å². The van der Waals surface area contributed by atoms with Gasteiger partial charge in [0.15, 0.2) is 0 Å². The average Bonchev–Trinajstić information content (AvgIpc) is 2.61. The molecule has 0 spiro atoms. The Balaban J connectivity index is 2.14. The summed E-state index contributed by atoms with van der Waals surface area (Å²) in [6, 6.07) is 6.81. The molecule has 0 aliphatic heterocycles. The fraction of sp³-hybridized carbons (Fsp3) is 0.529. The lowest BCUT2D eigenvalue weighted by Gasteiger charge is -2.31. The van der Waals surface area contributed by atoms with Gasteiger partial charge in [0.1, 0.15) is 0 Å². The summed E-state index contributed by atoms with van der Waals surface area (Å²) < 4.78 is 0. The van der Waals surface area contributed by atoms with Crippen LogP contribution in [0.15, 0.2) is 18.2 Å². The van der Waals surface area contributed by atoms with E-state index in [1.165, 1.54) is 47.0 Å². The van der Waals surface area contributed by atoms with Crippen molar-refractivity contribution in [2.24, 2.45) is 11.7 Å². The highest BCUT2D eigenvalue weighted by Crippen LogP contribution is 2.40. The first-order valence-electron chi connectivity index (χ1n) is 7.46. The van der Waals surface area contributed by atoms with Crippen LogP contribution in [0.1, 0.15) is 61.9 Å². The SMILES string of the molecule is Cc1[nH]c2c(C(C)C)cccc2c1C(N)C1CCC1. The number of benzene rings is 1. The highest BCUT2D eigenvalue weighted by atomic mass is 14.8. The Bertz CT molecular complexity index is 591. The van der Waals surface area contributed by atoms with Gasteiger partial charge in [-0.15, -0.1) is 0 Å². The number of hydrogen-bond acceptors (Lipinski definition) is 1. The van der Waals surface area contributed by atoms with E-state index in [0.717, 1.165) is 0 Å². The second kappa shape index (κ2) is 4.68. The van der Waals surface area contributed by atoms with Crippen molar-refractivity contribution < 1.29 is 0 Å². The van der Waals surface area contributed by atoms with Crippen molar-refractivity contribution in [3.8, 4) is 0 Å². The average molecular weight is 256 g/mol. The van der Waals surface area contributed by atoms with Crippen LogP contribution in [0.4, 0.5) is 0 Å². The molecule has 1 aromatic heterocycles. The third-order valence-electron chi connectivity index (χ3n) is 4.72. The second-order valence-electron chi connectivity index (χ2n) is 6.30. The molecule has 102 valence electrons. The minimum absolute atomic E-state index is 0.199. The van der Waals surface area contributed by atoms with Gasteiger partial charge in [0.05, 0.1) is 0 Å². The molecular formula is C17H24N2. The molecule has 0 saturated heterocycles. The van der Waals surface area contributed by atoms with E-state index < -0.39 is 0 Å². The van der Waals surface area contributed by atoms with Gasteiger partial charge in [0.2, 0.25) is 0 Å². The monoisotopic (exact) mass is 256 g/mol. The zero-order valence-electron chi connectivity index (χ0n) is 12.2. The van der Waals surface area contributed by atoms with Crippen LogP contribution in [-0.2, 0) is 0 Å². The molecule has 1 heterocycles. The van der Waals surface area contributed by atoms with Crippen molar-refractivity contribution in [1.29, 1.82) is 0 Å². The molecular weight excluding hydrogens is 232 g/mol. The molecule has 1 aliphatic carbocycles. The van der Waals surface area contributed by atoms with Gasteiger partial charge in [0, 0.05) is 22.6 Å². The topological polar surface area (TPSA) is 41.8 Å². The zero-order valence-corrected chi connectivity index (χ0v) is 12.2. The van der Waals surface area contributed by atoms with Crippen LogP contribution in [0.2, 0.25) is 0 Å². The van der Waals surface area contributed by atoms with Crippen LogP contribution in [0.5, 0.6) is 0 Å². The van der Waals surface area contributed by atoms with E-state index in [0.29, 0.717) is 11.8 Å². The minimum atomic E-state index is 0.199. The highest BCUT2D eigenvalue weighted by Gasteiger charge is 2.28. The Hall–Kier alpha value is -1.28. The Labute approximate surface area is 115 Å². The molecule has 3 rings (SSSR count). The number of para-hydroxylation sites is 1. The Morgan fingerprint density at radius 2 is 2.00 bits per heavy atom. The minimum Gasteiger partial charge on any atom is -0.358 e. The molecule has 1 aliphatic rings. The molecule has 1 saturated carbocycles. The Kier molecular flexibility index (Phi) is 3.14. The predicted molar refractivity (Wildman–Crippen MR) is 81.4 cm³/mol. The van der Waals surface area contributed by atoms with Gasteiger partial charge < -0.3 is 10.7 Å². The Morgan fingerprint density at radius 3 is 2.58 bits per heavy atom. The predicted octanol–water partition coefficient (Wildman–Crippen LogP) is 4.40. The number of rotatable bonds is 3. The number of nitrogens with one attached hydrogen (secondary N) is 1. The molecule has 1 atom stereocenters. The fourth-order valence-electron chi connectivity index (χ4n) is 3.34. The van der Waals surface area contributed by atoms with Gasteiger partial charge in [-0.2, -0.15) is 0 Å². The van der Waals surface area contributed by atoms with Crippen LogP contribution < -0.4 is 5.73 Å². The summed E-state index contributed by atoms with van der Waals surface area (Å²) in [5, 5.41) is 1.34. The molecule has 2 nitrogen and oxygen atoms in total. The number of nitrogens with two attached hydrogens (primary N) is 1. The summed E-state index contributed by atoms with van der Waals surface area (Å²) >= 11 is 0. The normalized spacial score (nSPS) is 17.9. The summed E-state index contributed by atoms with van der Waals surface area (Å²) in [5.74, 6) is 1.22. The summed E-state index contributed by atoms with van der Waals surface area (Å²) in [4.78, 5) is 3.58. The van der Waals surface area contributed by atoms with Crippen molar-refractivity contribution in [1.82, 2.24) is 4.98 Å². The van der Waals surface area contributed by atoms with Crippen LogP contribution in [0, 0.1) is 12.8 Å². The lowest BCUT2D eigenvalue weighted by Crippen LogP contribution is -2.27. The van der Waals surface area contributed by atoms with Crippen LogP contribution in [0.25, 0.3) is 10.9 Å². The van der Waals surface area contributed by atoms with Crippen LogP contribution >= 0.6 is 0 Å². The molecule has 0 bridgehead atoms. The van der Waals surface area contributed by atoms with E-state index in [2.05, 4.69) is 44.0 Å². The van der Waals surface area contributed by atoms with Gasteiger partial charge in [-0.3, -0.25) is 0 Å². The standard InChI is InChI=1S/C17H24N2/c1-10(2)13-8-5-9-14-15(11(3)19-17(13)14)16(18)12-6-4-7-12/h5,8-10,12,16,19H,4,6-7,18H2,1-3H3. The van der Waals surface area contributed by atoms with E-state index in [1.54, 1.807) is 0 Å². The van der Waals surface area contributed by atoms with Gasteiger partial charge in [-0.05, 0) is 42.7 Å². The number of H-pyrrole nitrogens is 1. The first kappa shape index (κ1) is 12.7. The lowest BCUT2D eigenvalue weighted by molar-refractivity contribution is 0.265. The maximum atomic E-state index is 6.52. The van der Waals surface area contributed by atoms with Gasteiger partial charge in [-0.1, -0.05) is 38.5 Å². The molecule has 1 aromatic carbocycles. The van der Waals surface area contributed by atoms with E-state index >= 15 is 0 Å². The number of aromatic amines is 1. The van der Waals surface area contributed by atoms with Gasteiger partial charge in [0.25, 0.3) is 0 Å². The molecule has 0 amide bonds. The van der Waals surface area contributed by atoms with Crippen molar-refractivity contribution >= 4 is 10.9 Å². The van der Waals surface area contributed by atoms with Crippen molar-refractivity contribution in [3.05, 3.63) is 35.0 Å². The molecule has 19 heavy (non-hydrogen) atoms. The van der Waals surface area contributed by atoms with Crippen molar-refractivity contribution in [3.63, 3.8) is 0 Å². The largest absolute Gasteiger partial charge is 0.358 e. The summed E-state index contributed by atoms with van der Waals surface area (Å²) in [6.45, 7) is 6.66. The van der Waals surface area contributed by atoms with Crippen molar-refractivity contribution in [2.45, 2.75) is 52.0 Å². The maximum Gasteiger partial charge on any atom is 0.0494 e. The van der Waals surface area contributed by atoms with E-state index in [4.69, 9.17) is 5.73 Å².